The molecule has 3 aliphatic rings. The highest BCUT2D eigenvalue weighted by atomic mass is 19.4. The van der Waals surface area contributed by atoms with Crippen molar-refractivity contribution < 1.29 is 31.8 Å². The van der Waals surface area contributed by atoms with Gasteiger partial charge >= 0.3 is 7.54 Å². The molecule has 0 saturated heterocycles. The number of H-pyrrole nitrogens is 1. The van der Waals surface area contributed by atoms with Gasteiger partial charge in [0.15, 0.2) is 12.0 Å². The van der Waals surface area contributed by atoms with E-state index in [1.807, 2.05) is 18.2 Å². The van der Waals surface area contributed by atoms with Crippen LogP contribution in [0.15, 0.2) is 34.9 Å². The summed E-state index contributed by atoms with van der Waals surface area (Å²) in [5, 5.41) is 1.10. The molecular formula is C17H16BF4NO2. The van der Waals surface area contributed by atoms with Gasteiger partial charge in [-0.15, -0.1) is 0 Å². The molecule has 1 aromatic rings. The van der Waals surface area contributed by atoms with E-state index in [-0.39, 0.29) is 15.9 Å². The molecule has 0 atom stereocenters. The highest BCUT2D eigenvalue weighted by molar-refractivity contribution is 6.33. The molecule has 0 amide bonds. The van der Waals surface area contributed by atoms with Gasteiger partial charge in [-0.1, -0.05) is 26.0 Å². The Morgan fingerprint density at radius 2 is 1.76 bits per heavy atom. The second-order valence-corrected chi connectivity index (χ2v) is 6.68. The molecule has 0 saturated carbocycles. The van der Waals surface area contributed by atoms with Crippen LogP contribution in [0.3, 0.4) is 0 Å². The standard InChI is InChI=1S/C17H15NO2.BF3.FH/c1-17(2)7-13(19)16-14(8-17)20-9-12-15(16)10-5-3-4-6-11(10)18-12;2-1(3)4;/h3-6,9H,7-8H2,1-2H3;;1H. The van der Waals surface area contributed by atoms with Gasteiger partial charge in [0.2, 0.25) is 11.2 Å². The highest BCUT2D eigenvalue weighted by Crippen LogP contribution is 2.41. The molecular weight excluding hydrogens is 337 g/mol. The Labute approximate surface area is 142 Å². The number of hydrogen-bond donors (Lipinski definition) is 0. The molecule has 2 heterocycles. The molecule has 1 aliphatic carbocycles. The van der Waals surface area contributed by atoms with Crippen molar-refractivity contribution in [3.8, 4) is 11.3 Å². The fourth-order valence-corrected chi connectivity index (χ4v) is 3.29. The third kappa shape index (κ3) is 3.67. The van der Waals surface area contributed by atoms with Crippen LogP contribution in [0.5, 0.6) is 0 Å². The summed E-state index contributed by atoms with van der Waals surface area (Å²) in [6.45, 7) is 4.23. The van der Waals surface area contributed by atoms with Gasteiger partial charge in [0.05, 0.1) is 16.5 Å². The Hall–Kier alpha value is -2.38. The molecule has 0 bridgehead atoms. The van der Waals surface area contributed by atoms with Gasteiger partial charge < -0.3 is 9.12 Å². The number of halogens is 4. The van der Waals surface area contributed by atoms with Gasteiger partial charge in [0.25, 0.3) is 0 Å². The Morgan fingerprint density at radius 1 is 1.12 bits per heavy atom. The second-order valence-electron chi connectivity index (χ2n) is 6.68. The molecule has 132 valence electrons. The van der Waals surface area contributed by atoms with E-state index in [0.29, 0.717) is 6.42 Å². The van der Waals surface area contributed by atoms with E-state index < -0.39 is 7.54 Å². The molecule has 2 aliphatic heterocycles. The molecule has 8 heteroatoms. The quantitative estimate of drug-likeness (QED) is 0.453. The van der Waals surface area contributed by atoms with Gasteiger partial charge in [-0.25, -0.2) is 4.98 Å². The van der Waals surface area contributed by atoms with Crippen molar-refractivity contribution in [2.45, 2.75) is 26.7 Å². The summed E-state index contributed by atoms with van der Waals surface area (Å²) in [5.41, 5.74) is 3.72. The summed E-state index contributed by atoms with van der Waals surface area (Å²) >= 11 is 0. The maximum atomic E-state index is 12.6. The number of para-hydroxylation sites is 1. The molecule has 0 radical (unpaired) electrons. The van der Waals surface area contributed by atoms with Gasteiger partial charge in [-0.05, 0) is 11.5 Å². The average molecular weight is 353 g/mol. The minimum absolute atomic E-state index is 0. The number of nitrogens with one attached hydrogen (secondary N) is 1. The first-order valence-corrected chi connectivity index (χ1v) is 7.58. The van der Waals surface area contributed by atoms with Crippen molar-refractivity contribution in [2.75, 3.05) is 0 Å². The molecule has 1 N–H and O–H groups in total. The van der Waals surface area contributed by atoms with Crippen LogP contribution in [0.25, 0.3) is 22.2 Å². The Kier molecular flexibility index (Phi) is 5.20. The zero-order valence-corrected chi connectivity index (χ0v) is 13.7. The topological polar surface area (TPSA) is 44.4 Å². The summed E-state index contributed by atoms with van der Waals surface area (Å²) < 4.78 is 34.7. The van der Waals surface area contributed by atoms with E-state index >= 15 is 0 Å². The van der Waals surface area contributed by atoms with Crippen LogP contribution < -0.4 is 9.69 Å². The largest absolute Gasteiger partial charge is 1.00 e. The summed E-state index contributed by atoms with van der Waals surface area (Å²) in [6.07, 6.45) is 3.13. The summed E-state index contributed by atoms with van der Waals surface area (Å²) in [6, 6.07) is 8.08. The van der Waals surface area contributed by atoms with Crippen LogP contribution in [0.1, 0.15) is 36.4 Å². The first kappa shape index (κ1) is 19.0. The van der Waals surface area contributed by atoms with E-state index in [1.54, 1.807) is 6.26 Å². The van der Waals surface area contributed by atoms with Crippen LogP contribution >= 0.6 is 0 Å². The highest BCUT2D eigenvalue weighted by Gasteiger charge is 2.38. The molecule has 0 unspecified atom stereocenters. The molecule has 1 aromatic carbocycles. The summed E-state index contributed by atoms with van der Waals surface area (Å²) in [7, 11) is -3.67. The number of carbonyl (C=O) groups excluding carboxylic acids is 1. The fraction of sp³-hybridized carbons (Fsp3) is 0.294. The lowest BCUT2D eigenvalue weighted by molar-refractivity contribution is -0.328. The molecule has 3 nitrogen and oxygen atoms in total. The number of carbonyl (C=O) groups is 1. The van der Waals surface area contributed by atoms with Crippen LogP contribution in [0, 0.1) is 5.41 Å². The van der Waals surface area contributed by atoms with E-state index in [0.717, 1.165) is 39.9 Å². The maximum absolute atomic E-state index is 12.6. The second kappa shape index (κ2) is 6.86. The van der Waals surface area contributed by atoms with Crippen molar-refractivity contribution in [2.24, 2.45) is 5.41 Å². The maximum Gasteiger partial charge on any atom is 0.762 e. The number of hydrogen-bond acceptors (Lipinski definition) is 2. The lowest BCUT2D eigenvalue weighted by atomic mass is 9.75. The fourth-order valence-electron chi connectivity index (χ4n) is 3.29. The number of Topliss-reactive ketones (excluding diaryl/α,β-unsaturated/α-hetero) is 1. The number of rotatable bonds is 0. The Balaban J connectivity index is 0.000000411. The third-order valence-electron chi connectivity index (χ3n) is 4.14. The Morgan fingerprint density at radius 3 is 2.44 bits per heavy atom. The van der Waals surface area contributed by atoms with E-state index in [1.165, 1.54) is 0 Å². The first-order valence-electron chi connectivity index (χ1n) is 7.58. The minimum Gasteiger partial charge on any atom is -1.00 e. The van der Waals surface area contributed by atoms with E-state index in [9.17, 15) is 17.7 Å². The molecule has 25 heavy (non-hydrogen) atoms. The predicted molar refractivity (Wildman–Crippen MR) is 84.9 cm³/mol. The zero-order chi connectivity index (χ0) is 17.5. The normalized spacial score (nSPS) is 15.2. The van der Waals surface area contributed by atoms with Crippen molar-refractivity contribution in [3.63, 3.8) is 0 Å². The number of aromatic nitrogens is 1. The van der Waals surface area contributed by atoms with Crippen molar-refractivity contribution in [3.05, 3.63) is 41.9 Å². The minimum atomic E-state index is -3.67. The van der Waals surface area contributed by atoms with Crippen LogP contribution in [-0.2, 0) is 6.42 Å². The van der Waals surface area contributed by atoms with Crippen molar-refractivity contribution in [1.29, 1.82) is 0 Å². The SMILES string of the molecule is CC1(C)CC(=O)c2c(occ3[nH+]c4ccccc4c2-3)C1.FB(F)F.[F-]. The number of ketones is 1. The van der Waals surface area contributed by atoms with Gasteiger partial charge in [0.1, 0.15) is 5.76 Å². The average Bonchev–Trinajstić information content (AvgIpc) is 2.83. The molecule has 0 spiro atoms. The summed E-state index contributed by atoms with van der Waals surface area (Å²) in [5.74, 6) is 1.01. The van der Waals surface area contributed by atoms with Crippen molar-refractivity contribution in [1.82, 2.24) is 0 Å². The summed E-state index contributed by atoms with van der Waals surface area (Å²) in [4.78, 5) is 15.9. The van der Waals surface area contributed by atoms with Gasteiger partial charge in [0, 0.05) is 18.9 Å². The number of fused-ring (bicyclic) bond motifs is 5. The van der Waals surface area contributed by atoms with Gasteiger partial charge in [-0.2, -0.15) is 0 Å². The van der Waals surface area contributed by atoms with E-state index in [4.69, 9.17) is 4.42 Å². The smallest absolute Gasteiger partial charge is 0.762 e. The van der Waals surface area contributed by atoms with Crippen LogP contribution in [-0.4, -0.2) is 13.3 Å². The predicted octanol–water partition coefficient (Wildman–Crippen LogP) is 1.39. The molecule has 0 aromatic heterocycles. The molecule has 4 rings (SSSR count). The lowest BCUT2D eigenvalue weighted by Gasteiger charge is -2.29. The van der Waals surface area contributed by atoms with Gasteiger partial charge in [-0.3, -0.25) is 17.7 Å². The lowest BCUT2D eigenvalue weighted by Crippen LogP contribution is -3.00. The van der Waals surface area contributed by atoms with E-state index in [2.05, 4.69) is 24.9 Å². The first-order chi connectivity index (χ1) is 11.3. The third-order valence-corrected chi connectivity index (χ3v) is 4.14. The van der Waals surface area contributed by atoms with Crippen molar-refractivity contribution >= 4 is 24.2 Å². The number of aromatic amines is 1. The molecule has 0 fully saturated rings. The number of benzene rings is 1. The zero-order valence-electron chi connectivity index (χ0n) is 13.7. The monoisotopic (exact) mass is 353 g/mol. The Bertz CT molecular complexity index is 876. The van der Waals surface area contributed by atoms with Crippen LogP contribution in [0.4, 0.5) is 12.9 Å². The van der Waals surface area contributed by atoms with Crippen LogP contribution in [0.2, 0.25) is 0 Å².